The Morgan fingerprint density at radius 3 is 2.86 bits per heavy atom. The third-order valence-corrected chi connectivity index (χ3v) is 4.66. The maximum absolute atomic E-state index is 13.8. The predicted octanol–water partition coefficient (Wildman–Crippen LogP) is 2.78. The maximum atomic E-state index is 13.8. The monoisotopic (exact) mass is 415 g/mol. The van der Waals surface area contributed by atoms with Crippen LogP contribution >= 0.6 is 11.8 Å². The molecule has 1 aliphatic heterocycles. The third kappa shape index (κ3) is 4.46. The lowest BCUT2D eigenvalue weighted by Crippen LogP contribution is -2.35. The predicted molar refractivity (Wildman–Crippen MR) is 102 cm³/mol. The Bertz CT molecular complexity index is 1070. The van der Waals surface area contributed by atoms with E-state index in [9.17, 15) is 14.0 Å². The van der Waals surface area contributed by atoms with Crippen LogP contribution in [0.2, 0.25) is 0 Å². The van der Waals surface area contributed by atoms with Crippen molar-refractivity contribution in [1.29, 1.82) is 0 Å². The molecule has 0 saturated heterocycles. The van der Waals surface area contributed by atoms with Gasteiger partial charge in [0.2, 0.25) is 17.9 Å². The molecule has 1 aliphatic rings. The second-order valence-electron chi connectivity index (χ2n) is 5.81. The highest BCUT2D eigenvalue weighted by Gasteiger charge is 2.16. The van der Waals surface area contributed by atoms with E-state index in [1.165, 1.54) is 6.07 Å². The van der Waals surface area contributed by atoms with E-state index >= 15 is 0 Å². The smallest absolute Gasteiger partial charge is 0.325 e. The summed E-state index contributed by atoms with van der Waals surface area (Å²) in [5.74, 6) is 0.295. The molecule has 1 aromatic heterocycles. The van der Waals surface area contributed by atoms with Gasteiger partial charge in [-0.1, -0.05) is 23.9 Å². The Hall–Kier alpha value is -3.60. The molecule has 0 bridgehead atoms. The van der Waals surface area contributed by atoms with E-state index in [0.717, 1.165) is 11.8 Å². The molecule has 0 spiro atoms. The number of nitrogens with zero attached hydrogens (tertiary/aromatic N) is 2. The number of imide groups is 1. The van der Waals surface area contributed by atoms with E-state index in [1.807, 2.05) is 0 Å². The van der Waals surface area contributed by atoms with E-state index in [4.69, 9.17) is 9.47 Å². The molecule has 0 saturated carbocycles. The fourth-order valence-electron chi connectivity index (χ4n) is 2.51. The van der Waals surface area contributed by atoms with Gasteiger partial charge in [-0.3, -0.25) is 15.2 Å². The number of ether oxygens (including phenoxy) is 2. The van der Waals surface area contributed by atoms with Crippen molar-refractivity contribution in [3.05, 3.63) is 48.3 Å². The summed E-state index contributed by atoms with van der Waals surface area (Å²) in [6, 6.07) is 10.3. The number of urea groups is 1. The van der Waals surface area contributed by atoms with Crippen LogP contribution in [-0.2, 0) is 4.79 Å². The van der Waals surface area contributed by atoms with Gasteiger partial charge in [0.05, 0.1) is 11.3 Å². The number of halogens is 1. The van der Waals surface area contributed by atoms with Crippen LogP contribution in [0.15, 0.2) is 47.6 Å². The average molecular weight is 415 g/mol. The molecular weight excluding hydrogens is 401 g/mol. The number of aromatic nitrogens is 3. The highest BCUT2D eigenvalue weighted by molar-refractivity contribution is 7.99. The highest BCUT2D eigenvalue weighted by Crippen LogP contribution is 2.34. The van der Waals surface area contributed by atoms with Gasteiger partial charge in [-0.15, -0.1) is 5.10 Å². The number of benzene rings is 2. The maximum Gasteiger partial charge on any atom is 0.325 e. The van der Waals surface area contributed by atoms with Crippen LogP contribution in [0.25, 0.3) is 11.4 Å². The fourth-order valence-corrected chi connectivity index (χ4v) is 3.11. The fraction of sp³-hybridized carbons (Fsp3) is 0.111. The second kappa shape index (κ2) is 8.19. The Kier molecular flexibility index (Phi) is 5.29. The molecule has 9 nitrogen and oxygen atoms in total. The summed E-state index contributed by atoms with van der Waals surface area (Å²) < 4.78 is 24.2. The lowest BCUT2D eigenvalue weighted by molar-refractivity contribution is -0.117. The molecule has 0 aliphatic carbocycles. The molecule has 0 unspecified atom stereocenters. The van der Waals surface area contributed by atoms with Gasteiger partial charge in [-0.2, -0.15) is 0 Å². The summed E-state index contributed by atoms with van der Waals surface area (Å²) in [7, 11) is 0. The first-order valence-electron chi connectivity index (χ1n) is 8.39. The molecule has 0 atom stereocenters. The largest absolute Gasteiger partial charge is 0.454 e. The number of thioether (sulfide) groups is 1. The number of hydrogen-bond acceptors (Lipinski definition) is 7. The molecule has 0 radical (unpaired) electrons. The zero-order valence-electron chi connectivity index (χ0n) is 14.8. The van der Waals surface area contributed by atoms with Gasteiger partial charge in [-0.25, -0.2) is 14.2 Å². The van der Waals surface area contributed by atoms with Gasteiger partial charge in [0.25, 0.3) is 0 Å². The summed E-state index contributed by atoms with van der Waals surface area (Å²) in [4.78, 5) is 28.1. The van der Waals surface area contributed by atoms with Crippen molar-refractivity contribution >= 4 is 29.4 Å². The number of aromatic amines is 1. The molecule has 3 amide bonds. The first kappa shape index (κ1) is 18.7. The molecule has 29 heavy (non-hydrogen) atoms. The summed E-state index contributed by atoms with van der Waals surface area (Å²) in [5, 5.41) is 11.6. The van der Waals surface area contributed by atoms with Crippen molar-refractivity contribution in [3.8, 4) is 22.9 Å². The number of carbonyl (C=O) groups excluding carboxylic acids is 2. The normalized spacial score (nSPS) is 11.9. The van der Waals surface area contributed by atoms with Crippen LogP contribution in [0.3, 0.4) is 0 Å². The van der Waals surface area contributed by atoms with Gasteiger partial charge in [-0.05, 0) is 24.3 Å². The van der Waals surface area contributed by atoms with Gasteiger partial charge in [0.1, 0.15) is 5.82 Å². The summed E-state index contributed by atoms with van der Waals surface area (Å²) in [6.45, 7) is 0.126. The number of carbonyl (C=O) groups is 2. The minimum atomic E-state index is -0.684. The standard InChI is InChI=1S/C18H14FN5O4S/c19-12-4-2-1-3-11(12)16-22-18(24-23-16)29-8-15(25)21-17(26)20-10-5-6-13-14(7-10)28-9-27-13/h1-7H,8-9H2,(H,22,23,24)(H2,20,21,25,26). The summed E-state index contributed by atoms with van der Waals surface area (Å²) in [5.41, 5.74) is 0.732. The third-order valence-electron chi connectivity index (χ3n) is 3.81. The molecule has 2 heterocycles. The number of rotatable bonds is 5. The molecular formula is C18H14FN5O4S. The first-order valence-corrected chi connectivity index (χ1v) is 9.37. The van der Waals surface area contributed by atoms with Crippen molar-refractivity contribution in [3.63, 3.8) is 0 Å². The lowest BCUT2D eigenvalue weighted by atomic mass is 10.2. The topological polar surface area (TPSA) is 118 Å². The van der Waals surface area contributed by atoms with E-state index in [-0.39, 0.29) is 29.1 Å². The second-order valence-corrected chi connectivity index (χ2v) is 6.75. The van der Waals surface area contributed by atoms with Crippen molar-refractivity contribution < 1.29 is 23.5 Å². The van der Waals surface area contributed by atoms with Gasteiger partial charge < -0.3 is 14.8 Å². The molecule has 2 aromatic carbocycles. The molecule has 0 fully saturated rings. The van der Waals surface area contributed by atoms with Crippen molar-refractivity contribution in [1.82, 2.24) is 20.5 Å². The van der Waals surface area contributed by atoms with Gasteiger partial charge >= 0.3 is 6.03 Å². The number of H-pyrrole nitrogens is 1. The van der Waals surface area contributed by atoms with Crippen molar-refractivity contribution in [2.24, 2.45) is 0 Å². The number of anilines is 1. The van der Waals surface area contributed by atoms with Crippen LogP contribution in [0.1, 0.15) is 0 Å². The molecule has 11 heteroatoms. The van der Waals surface area contributed by atoms with Crippen LogP contribution in [-0.4, -0.2) is 39.7 Å². The van der Waals surface area contributed by atoms with Crippen molar-refractivity contribution in [2.45, 2.75) is 5.16 Å². The van der Waals surface area contributed by atoms with E-state index in [0.29, 0.717) is 17.2 Å². The number of fused-ring (bicyclic) bond motifs is 1. The zero-order valence-corrected chi connectivity index (χ0v) is 15.6. The molecule has 148 valence electrons. The molecule has 3 N–H and O–H groups in total. The minimum Gasteiger partial charge on any atom is -0.454 e. The quantitative estimate of drug-likeness (QED) is 0.548. The van der Waals surface area contributed by atoms with Crippen LogP contribution in [0, 0.1) is 5.82 Å². The minimum absolute atomic E-state index is 0.0941. The Morgan fingerprint density at radius 1 is 1.17 bits per heavy atom. The van der Waals surface area contributed by atoms with Crippen LogP contribution in [0.4, 0.5) is 14.9 Å². The molecule has 3 aromatic rings. The first-order chi connectivity index (χ1) is 14.1. The summed E-state index contributed by atoms with van der Waals surface area (Å²) >= 11 is 1.01. The highest BCUT2D eigenvalue weighted by atomic mass is 32.2. The summed E-state index contributed by atoms with van der Waals surface area (Å²) in [6.07, 6.45) is 0. The Labute approximate surface area is 168 Å². The van der Waals surface area contributed by atoms with Crippen LogP contribution in [0.5, 0.6) is 11.5 Å². The van der Waals surface area contributed by atoms with Crippen LogP contribution < -0.4 is 20.1 Å². The number of amides is 3. The number of nitrogens with one attached hydrogen (secondary N) is 3. The van der Waals surface area contributed by atoms with E-state index in [2.05, 4.69) is 25.8 Å². The molecule has 4 rings (SSSR count). The SMILES string of the molecule is O=C(CSc1n[nH]c(-c2ccccc2F)n1)NC(=O)Nc1ccc2c(c1)OCO2. The van der Waals surface area contributed by atoms with Gasteiger partial charge in [0, 0.05) is 11.8 Å². The van der Waals surface area contributed by atoms with Crippen molar-refractivity contribution in [2.75, 3.05) is 17.9 Å². The lowest BCUT2D eigenvalue weighted by Gasteiger charge is -2.07. The van der Waals surface area contributed by atoms with E-state index < -0.39 is 17.8 Å². The number of hydrogen-bond donors (Lipinski definition) is 3. The van der Waals surface area contributed by atoms with E-state index in [1.54, 1.807) is 36.4 Å². The average Bonchev–Trinajstić information content (AvgIpc) is 3.35. The van der Waals surface area contributed by atoms with Gasteiger partial charge in [0.15, 0.2) is 17.3 Å². The zero-order chi connectivity index (χ0) is 20.2. The Balaban J connectivity index is 1.28. The Morgan fingerprint density at radius 2 is 2.00 bits per heavy atom.